The highest BCUT2D eigenvalue weighted by Crippen LogP contribution is 2.42. The number of halogens is 1. The number of aromatic nitrogens is 1. The highest BCUT2D eigenvalue weighted by Gasteiger charge is 2.38. The lowest BCUT2D eigenvalue weighted by molar-refractivity contribution is -0.109. The minimum absolute atomic E-state index is 0.0123. The number of ether oxygens (including phenoxy) is 1. The molecule has 2 aromatic rings. The van der Waals surface area contributed by atoms with E-state index in [1.54, 1.807) is 0 Å². The summed E-state index contributed by atoms with van der Waals surface area (Å²) < 4.78 is 7.71. The van der Waals surface area contributed by atoms with Gasteiger partial charge in [0.15, 0.2) is 0 Å². The summed E-state index contributed by atoms with van der Waals surface area (Å²) in [6.45, 7) is 19.7. The average molecular weight is 545 g/mol. The first-order valence-electron chi connectivity index (χ1n) is 13.4. The van der Waals surface area contributed by atoms with Crippen LogP contribution in [0.4, 0.5) is 11.5 Å². The summed E-state index contributed by atoms with van der Waals surface area (Å²) in [7, 11) is 0. The number of nitrogen functional groups attached to an aromatic ring is 1. The van der Waals surface area contributed by atoms with Crippen molar-refractivity contribution in [1.29, 1.82) is 0 Å². The predicted molar refractivity (Wildman–Crippen MR) is 155 cm³/mol. The number of rotatable bonds is 11. The zero-order valence-electron chi connectivity index (χ0n) is 23.2. The van der Waals surface area contributed by atoms with E-state index in [1.807, 2.05) is 0 Å². The van der Waals surface area contributed by atoms with Crippen molar-refractivity contribution in [3.63, 3.8) is 0 Å². The molecule has 2 N–H and O–H groups in total. The molecule has 194 valence electrons. The molecular weight excluding hydrogens is 498 g/mol. The molecule has 1 heterocycles. The van der Waals surface area contributed by atoms with Crippen LogP contribution >= 0.6 is 15.9 Å². The third-order valence-electron chi connectivity index (χ3n) is 8.42. The Morgan fingerprint density at radius 1 is 1.17 bits per heavy atom. The summed E-state index contributed by atoms with van der Waals surface area (Å²) in [5.41, 5.74) is 12.4. The van der Waals surface area contributed by atoms with Gasteiger partial charge in [-0.15, -0.1) is 0 Å². The number of pyridine rings is 1. The number of benzene rings is 1. The van der Waals surface area contributed by atoms with Gasteiger partial charge in [0.05, 0.1) is 23.4 Å². The average Bonchev–Trinajstić information content (AvgIpc) is 2.77. The number of hydrogen-bond acceptors (Lipinski definition) is 4. The van der Waals surface area contributed by atoms with E-state index in [-0.39, 0.29) is 11.0 Å². The smallest absolute Gasteiger partial charge is 0.129 e. The van der Waals surface area contributed by atoms with Crippen LogP contribution in [0.3, 0.4) is 0 Å². The Labute approximate surface area is 221 Å². The molecule has 1 fully saturated rings. The van der Waals surface area contributed by atoms with Crippen LogP contribution in [0.2, 0.25) is 0 Å². The predicted octanol–water partition coefficient (Wildman–Crippen LogP) is 8.80. The van der Waals surface area contributed by atoms with Crippen molar-refractivity contribution in [2.75, 3.05) is 23.8 Å². The molecule has 1 atom stereocenters. The van der Waals surface area contributed by atoms with Crippen molar-refractivity contribution >= 4 is 38.3 Å². The number of hydrogen-bond donors (Lipinski definition) is 1. The number of allylic oxidation sites excluding steroid dienone is 2. The lowest BCUT2D eigenvalue weighted by atomic mass is 9.74. The summed E-state index contributed by atoms with van der Waals surface area (Å²) >= 11 is 3.62. The van der Waals surface area contributed by atoms with Gasteiger partial charge in [0.1, 0.15) is 5.82 Å². The summed E-state index contributed by atoms with van der Waals surface area (Å²) in [5, 5.41) is 1.14. The summed E-state index contributed by atoms with van der Waals surface area (Å²) in [6.07, 6.45) is 6.94. The van der Waals surface area contributed by atoms with E-state index in [9.17, 15) is 0 Å². The van der Waals surface area contributed by atoms with E-state index in [1.165, 1.54) is 36.2 Å². The maximum Gasteiger partial charge on any atom is 0.129 e. The van der Waals surface area contributed by atoms with Gasteiger partial charge in [0.25, 0.3) is 0 Å². The highest BCUT2D eigenvalue weighted by atomic mass is 79.9. The van der Waals surface area contributed by atoms with Crippen molar-refractivity contribution in [1.82, 2.24) is 4.98 Å². The largest absolute Gasteiger partial charge is 0.383 e. The lowest BCUT2D eigenvalue weighted by Crippen LogP contribution is -2.44. The van der Waals surface area contributed by atoms with Gasteiger partial charge in [-0.1, -0.05) is 55.6 Å². The van der Waals surface area contributed by atoms with Crippen LogP contribution in [0.25, 0.3) is 10.9 Å². The van der Waals surface area contributed by atoms with Gasteiger partial charge in [-0.25, -0.2) is 4.98 Å². The number of fused-ring (bicyclic) bond motifs is 1. The molecule has 1 aromatic heterocycles. The van der Waals surface area contributed by atoms with E-state index < -0.39 is 0 Å². The number of nitrogens with zero attached hydrogens (tertiary/aromatic N) is 2. The van der Waals surface area contributed by atoms with E-state index in [2.05, 4.69) is 94.4 Å². The molecule has 5 heteroatoms. The summed E-state index contributed by atoms with van der Waals surface area (Å²) in [5.74, 6) is 1.28. The van der Waals surface area contributed by atoms with Crippen LogP contribution in [0.1, 0.15) is 92.6 Å². The Morgan fingerprint density at radius 3 is 2.40 bits per heavy atom. The Morgan fingerprint density at radius 2 is 1.86 bits per heavy atom. The molecule has 1 unspecified atom stereocenters. The second-order valence-corrected chi connectivity index (χ2v) is 12.3. The Hall–Kier alpha value is -1.59. The third kappa shape index (κ3) is 6.05. The summed E-state index contributed by atoms with van der Waals surface area (Å²) in [4.78, 5) is 7.28. The first kappa shape index (κ1) is 28.0. The number of anilines is 2. The van der Waals surface area contributed by atoms with Crippen molar-refractivity contribution in [2.24, 2.45) is 11.3 Å². The van der Waals surface area contributed by atoms with Crippen molar-refractivity contribution < 1.29 is 4.74 Å². The normalized spacial score (nSPS) is 17.2. The standard InChI is InChI=1S/C30H46BrN3O/c1-9-20(4)26(10-2)34(18-30(8,11-3)19-35-29(6,7)22-13-12-14-22)27-21(5)28(32)33-25-17-23(31)15-16-24(25)27/h15-17,22H,9-14,18-19H2,1-8H3,(H2,32,33)/b26-20+. The van der Waals surface area contributed by atoms with Crippen molar-refractivity contribution in [3.05, 3.63) is 39.5 Å². The minimum Gasteiger partial charge on any atom is -0.383 e. The maximum absolute atomic E-state index is 6.70. The van der Waals surface area contributed by atoms with Crippen LogP contribution in [-0.4, -0.2) is 23.7 Å². The quantitative estimate of drug-likeness (QED) is 0.307. The molecule has 0 bridgehead atoms. The minimum atomic E-state index is -0.0712. The van der Waals surface area contributed by atoms with E-state index in [4.69, 9.17) is 15.5 Å². The molecule has 1 aliphatic carbocycles. The molecular formula is C30H46BrN3O. The highest BCUT2D eigenvalue weighted by molar-refractivity contribution is 9.10. The fourth-order valence-electron chi connectivity index (χ4n) is 5.14. The van der Waals surface area contributed by atoms with Gasteiger partial charge >= 0.3 is 0 Å². The van der Waals surface area contributed by atoms with E-state index in [0.29, 0.717) is 11.7 Å². The van der Waals surface area contributed by atoms with Crippen LogP contribution in [0.15, 0.2) is 33.9 Å². The second-order valence-electron chi connectivity index (χ2n) is 11.3. The van der Waals surface area contributed by atoms with E-state index >= 15 is 0 Å². The van der Waals surface area contributed by atoms with Crippen LogP contribution in [0, 0.1) is 18.3 Å². The molecule has 35 heavy (non-hydrogen) atoms. The van der Waals surface area contributed by atoms with Gasteiger partial charge < -0.3 is 15.4 Å². The molecule has 4 nitrogen and oxygen atoms in total. The van der Waals surface area contributed by atoms with Gasteiger partial charge in [0, 0.05) is 33.1 Å². The first-order valence-corrected chi connectivity index (χ1v) is 14.2. The molecule has 0 amide bonds. The van der Waals surface area contributed by atoms with E-state index in [0.717, 1.165) is 53.4 Å². The molecule has 0 saturated heterocycles. The SMILES string of the molecule is CC/C(C)=C(\CC)N(CC(C)(CC)COC(C)(C)C1CCC1)c1c(C)c(N)nc2cc(Br)ccc12. The first-order chi connectivity index (χ1) is 16.5. The van der Waals surface area contributed by atoms with Gasteiger partial charge in [0.2, 0.25) is 0 Å². The molecule has 1 saturated carbocycles. The van der Waals surface area contributed by atoms with Crippen molar-refractivity contribution in [3.8, 4) is 0 Å². The third-order valence-corrected chi connectivity index (χ3v) is 8.92. The molecule has 0 aliphatic heterocycles. The molecule has 1 aliphatic rings. The Bertz CT molecular complexity index is 1070. The Balaban J connectivity index is 2.10. The molecule has 3 rings (SSSR count). The molecule has 0 spiro atoms. The van der Waals surface area contributed by atoms with Gasteiger partial charge in [-0.05, 0) is 83.9 Å². The second kappa shape index (κ2) is 11.2. The summed E-state index contributed by atoms with van der Waals surface area (Å²) in [6, 6.07) is 6.35. The fourth-order valence-corrected chi connectivity index (χ4v) is 5.49. The lowest BCUT2D eigenvalue weighted by Gasteiger charge is -2.44. The van der Waals surface area contributed by atoms with Gasteiger partial charge in [-0.2, -0.15) is 0 Å². The zero-order valence-corrected chi connectivity index (χ0v) is 24.8. The van der Waals surface area contributed by atoms with Crippen LogP contribution < -0.4 is 10.6 Å². The molecule has 1 aromatic carbocycles. The monoisotopic (exact) mass is 543 g/mol. The fraction of sp³-hybridized carbons (Fsp3) is 0.633. The van der Waals surface area contributed by atoms with Crippen LogP contribution in [0.5, 0.6) is 0 Å². The zero-order chi connectivity index (χ0) is 26.0. The van der Waals surface area contributed by atoms with Crippen molar-refractivity contribution in [2.45, 2.75) is 99.5 Å². The van der Waals surface area contributed by atoms with Gasteiger partial charge in [-0.3, -0.25) is 0 Å². The Kier molecular flexibility index (Phi) is 8.96. The van der Waals surface area contributed by atoms with Crippen LogP contribution in [-0.2, 0) is 4.74 Å². The maximum atomic E-state index is 6.70. The topological polar surface area (TPSA) is 51.4 Å². The number of nitrogens with two attached hydrogens (primary N) is 1. The molecule has 0 radical (unpaired) electrons.